The number of benzene rings is 2. The highest BCUT2D eigenvalue weighted by Crippen LogP contribution is 2.43. The highest BCUT2D eigenvalue weighted by atomic mass is 32.2. The summed E-state index contributed by atoms with van der Waals surface area (Å²) in [7, 11) is -0.605. The first-order valence-electron chi connectivity index (χ1n) is 13.2. The van der Waals surface area contributed by atoms with E-state index in [9.17, 15) is 17.6 Å². The van der Waals surface area contributed by atoms with E-state index in [1.165, 1.54) is 22.3 Å². The van der Waals surface area contributed by atoms with Crippen molar-refractivity contribution in [2.75, 3.05) is 24.7 Å². The number of sulfonamides is 1. The number of nitrogens with zero attached hydrogens (tertiary/aromatic N) is 2. The summed E-state index contributed by atoms with van der Waals surface area (Å²) in [6, 6.07) is 11.4. The molecule has 0 saturated carbocycles. The second-order valence-electron chi connectivity index (χ2n) is 10.2. The van der Waals surface area contributed by atoms with Crippen LogP contribution in [0.2, 0.25) is 0 Å². The van der Waals surface area contributed by atoms with Crippen LogP contribution in [0.3, 0.4) is 0 Å². The normalized spacial score (nSPS) is 18.4. The predicted molar refractivity (Wildman–Crippen MR) is 164 cm³/mol. The van der Waals surface area contributed by atoms with Crippen LogP contribution in [0.1, 0.15) is 40.9 Å². The van der Waals surface area contributed by atoms with Crippen molar-refractivity contribution in [2.24, 2.45) is 4.99 Å². The third-order valence-corrected chi connectivity index (χ3v) is 9.85. The van der Waals surface area contributed by atoms with E-state index >= 15 is 0 Å². The number of carbonyl (C=O) groups excluding carboxylic acids is 1. The Labute approximate surface area is 242 Å². The van der Waals surface area contributed by atoms with Crippen molar-refractivity contribution in [3.05, 3.63) is 94.4 Å². The minimum atomic E-state index is -3.64. The number of halogens is 1. The Kier molecular flexibility index (Phi) is 6.99. The first kappa shape index (κ1) is 27.3. The predicted octanol–water partition coefficient (Wildman–Crippen LogP) is 6.59. The Morgan fingerprint density at radius 3 is 2.66 bits per heavy atom. The van der Waals surface area contributed by atoms with E-state index < -0.39 is 10.0 Å². The van der Waals surface area contributed by atoms with Gasteiger partial charge in [-0.05, 0) is 42.2 Å². The molecule has 2 aliphatic carbocycles. The van der Waals surface area contributed by atoms with Crippen LogP contribution < -0.4 is 9.62 Å². The van der Waals surface area contributed by atoms with E-state index in [1.54, 1.807) is 37.0 Å². The quantitative estimate of drug-likeness (QED) is 0.350. The zero-order valence-corrected chi connectivity index (χ0v) is 24.4. The minimum absolute atomic E-state index is 0.129. The van der Waals surface area contributed by atoms with E-state index in [1.807, 2.05) is 24.3 Å². The molecule has 1 aliphatic heterocycles. The average Bonchev–Trinajstić information content (AvgIpc) is 3.57. The number of nitrogens with one attached hydrogen (secondary N) is 1. The van der Waals surface area contributed by atoms with Crippen LogP contribution in [0.25, 0.3) is 27.7 Å². The van der Waals surface area contributed by atoms with Gasteiger partial charge < -0.3 is 9.73 Å². The van der Waals surface area contributed by atoms with E-state index in [-0.39, 0.29) is 24.2 Å². The van der Waals surface area contributed by atoms with Gasteiger partial charge in [0.25, 0.3) is 5.91 Å². The van der Waals surface area contributed by atoms with E-state index in [2.05, 4.69) is 23.5 Å². The average molecular weight is 590 g/mol. The molecule has 3 aromatic rings. The van der Waals surface area contributed by atoms with Gasteiger partial charge in [0.15, 0.2) is 0 Å². The van der Waals surface area contributed by atoms with Crippen molar-refractivity contribution >= 4 is 55.0 Å². The highest BCUT2D eigenvalue weighted by molar-refractivity contribution is 8.18. The highest BCUT2D eigenvalue weighted by Gasteiger charge is 2.28. The molecule has 7 nitrogen and oxygen atoms in total. The largest absolute Gasteiger partial charge is 0.455 e. The van der Waals surface area contributed by atoms with Gasteiger partial charge in [-0.3, -0.25) is 14.1 Å². The first-order valence-corrected chi connectivity index (χ1v) is 15.9. The molecule has 10 heteroatoms. The van der Waals surface area contributed by atoms with Crippen LogP contribution in [0.5, 0.6) is 0 Å². The number of rotatable bonds is 6. The van der Waals surface area contributed by atoms with Crippen molar-refractivity contribution in [1.82, 2.24) is 5.32 Å². The van der Waals surface area contributed by atoms with Gasteiger partial charge in [0.05, 0.1) is 23.5 Å². The number of hydrogen-bond donors (Lipinski definition) is 1. The van der Waals surface area contributed by atoms with Gasteiger partial charge in [-0.25, -0.2) is 12.8 Å². The third kappa shape index (κ3) is 5.06. The lowest BCUT2D eigenvalue weighted by atomic mass is 9.95. The SMILES string of the molecule is CNC(=O)c1c(C2=CC=C(F)CC2)oc2cc(N(C)S(C)(=O)=O)c(-c3cccc(C4=NC5CC=CC=C5S4)c3)cc12. The lowest BCUT2D eigenvalue weighted by molar-refractivity contribution is 0.0963. The van der Waals surface area contributed by atoms with Gasteiger partial charge in [0.2, 0.25) is 10.0 Å². The smallest absolute Gasteiger partial charge is 0.255 e. The van der Waals surface area contributed by atoms with Gasteiger partial charge in [-0.15, -0.1) is 0 Å². The maximum Gasteiger partial charge on any atom is 0.255 e. The van der Waals surface area contributed by atoms with Crippen molar-refractivity contribution in [1.29, 1.82) is 0 Å². The molecule has 1 N–H and O–H groups in total. The molecule has 0 fully saturated rings. The molecule has 1 aromatic heterocycles. The van der Waals surface area contributed by atoms with Gasteiger partial charge in [-0.2, -0.15) is 0 Å². The fraction of sp³-hybridized carbons (Fsp3) is 0.226. The van der Waals surface area contributed by atoms with Crippen LogP contribution in [0.4, 0.5) is 10.1 Å². The molecule has 210 valence electrons. The van der Waals surface area contributed by atoms with Crippen molar-refractivity contribution in [2.45, 2.75) is 25.3 Å². The molecular formula is C31H28FN3O4S2. The maximum atomic E-state index is 13.8. The number of hydrogen-bond acceptors (Lipinski definition) is 6. The second kappa shape index (κ2) is 10.5. The number of allylic oxidation sites excluding steroid dienone is 6. The molecule has 0 radical (unpaired) electrons. The Hall–Kier alpha value is -3.89. The van der Waals surface area contributed by atoms with Gasteiger partial charge in [0, 0.05) is 48.0 Å². The van der Waals surface area contributed by atoms with Crippen molar-refractivity contribution in [3.63, 3.8) is 0 Å². The topological polar surface area (TPSA) is 92.0 Å². The fourth-order valence-corrected chi connectivity index (χ4v) is 6.82. The third-order valence-electron chi connectivity index (χ3n) is 7.48. The van der Waals surface area contributed by atoms with E-state index in [0.717, 1.165) is 28.8 Å². The van der Waals surface area contributed by atoms with Gasteiger partial charge in [0.1, 0.15) is 22.2 Å². The van der Waals surface area contributed by atoms with Crippen molar-refractivity contribution < 1.29 is 22.0 Å². The Morgan fingerprint density at radius 2 is 1.95 bits per heavy atom. The molecule has 0 bridgehead atoms. The Bertz CT molecular complexity index is 1860. The zero-order valence-electron chi connectivity index (χ0n) is 22.8. The Morgan fingerprint density at radius 1 is 1.15 bits per heavy atom. The van der Waals surface area contributed by atoms with Crippen LogP contribution in [0.15, 0.2) is 86.9 Å². The number of anilines is 1. The molecule has 3 aliphatic rings. The van der Waals surface area contributed by atoms with E-state index in [4.69, 9.17) is 9.41 Å². The standard InChI is InChI=1S/C31H28FN3O4S2/c1-33-30(36)28-23-16-22(19-7-6-8-20(15-19)31-34-24-9-4-5-10-27(24)40-31)25(35(2)41(3,37)38)17-26(23)39-29(28)18-11-13-21(32)14-12-18/h4-8,10-11,13,15-17,24H,9,12,14H2,1-3H3,(H,33,36). The number of carbonyl (C=O) groups is 1. The number of aliphatic imine (C=N–C) groups is 1. The summed E-state index contributed by atoms with van der Waals surface area (Å²) in [6.07, 6.45) is 11.9. The molecule has 2 heterocycles. The zero-order chi connectivity index (χ0) is 28.9. The number of amides is 1. The van der Waals surface area contributed by atoms with Gasteiger partial charge >= 0.3 is 0 Å². The monoisotopic (exact) mass is 589 g/mol. The molecule has 0 saturated heterocycles. The summed E-state index contributed by atoms with van der Waals surface area (Å²) in [4.78, 5) is 19.3. The summed E-state index contributed by atoms with van der Waals surface area (Å²) >= 11 is 1.65. The summed E-state index contributed by atoms with van der Waals surface area (Å²) in [6.45, 7) is 0. The number of fused-ring (bicyclic) bond motifs is 2. The lowest BCUT2D eigenvalue weighted by Crippen LogP contribution is -2.25. The minimum Gasteiger partial charge on any atom is -0.455 e. The van der Waals surface area contributed by atoms with Crippen LogP contribution in [-0.2, 0) is 10.0 Å². The molecule has 2 aromatic carbocycles. The molecule has 6 rings (SSSR count). The molecule has 41 heavy (non-hydrogen) atoms. The van der Waals surface area contributed by atoms with Crippen LogP contribution >= 0.6 is 11.8 Å². The summed E-state index contributed by atoms with van der Waals surface area (Å²) in [5.74, 6) is -0.231. The number of furan rings is 1. The summed E-state index contributed by atoms with van der Waals surface area (Å²) in [5, 5.41) is 4.14. The Balaban J connectivity index is 1.55. The van der Waals surface area contributed by atoms with Gasteiger partial charge in [-0.1, -0.05) is 54.3 Å². The molecule has 1 amide bonds. The fourth-order valence-electron chi connectivity index (χ4n) is 5.23. The van der Waals surface area contributed by atoms with E-state index in [0.29, 0.717) is 45.5 Å². The molecule has 0 spiro atoms. The lowest BCUT2D eigenvalue weighted by Gasteiger charge is -2.21. The first-order chi connectivity index (χ1) is 19.6. The second-order valence-corrected chi connectivity index (χ2v) is 13.2. The number of thioether (sulfide) groups is 1. The summed E-state index contributed by atoms with van der Waals surface area (Å²) < 4.78 is 46.6. The van der Waals surface area contributed by atoms with Crippen LogP contribution in [-0.4, -0.2) is 45.8 Å². The van der Waals surface area contributed by atoms with Crippen molar-refractivity contribution in [3.8, 4) is 11.1 Å². The maximum absolute atomic E-state index is 13.8. The van der Waals surface area contributed by atoms with Crippen LogP contribution in [0, 0.1) is 0 Å². The molecular weight excluding hydrogens is 561 g/mol. The molecule has 1 unspecified atom stereocenters. The molecule has 1 atom stereocenters. The summed E-state index contributed by atoms with van der Waals surface area (Å²) in [5.41, 5.74) is 4.11.